The van der Waals surface area contributed by atoms with Gasteiger partial charge in [-0.1, -0.05) is 6.07 Å². The summed E-state index contributed by atoms with van der Waals surface area (Å²) < 4.78 is 18.5. The molecule has 2 aliphatic heterocycles. The highest BCUT2D eigenvalue weighted by molar-refractivity contribution is 8.00. The third-order valence-electron chi connectivity index (χ3n) is 4.34. The molecule has 1 aromatic rings. The Kier molecular flexibility index (Phi) is 4.01. The van der Waals surface area contributed by atoms with Crippen molar-refractivity contribution in [2.24, 2.45) is 5.92 Å². The molecular formula is C16H19FO2S. The van der Waals surface area contributed by atoms with E-state index < -0.39 is 5.82 Å². The Hall–Kier alpha value is -1.03. The van der Waals surface area contributed by atoms with Crippen LogP contribution >= 0.6 is 11.8 Å². The molecule has 2 fully saturated rings. The number of halogens is 1. The van der Waals surface area contributed by atoms with Gasteiger partial charge < -0.3 is 4.74 Å². The van der Waals surface area contributed by atoms with Gasteiger partial charge in [-0.2, -0.15) is 11.8 Å². The van der Waals surface area contributed by atoms with Crippen LogP contribution in [0.3, 0.4) is 0 Å². The van der Waals surface area contributed by atoms with Crippen molar-refractivity contribution in [3.05, 3.63) is 29.6 Å². The lowest BCUT2D eigenvalue weighted by Crippen LogP contribution is -2.25. The third kappa shape index (κ3) is 2.85. The molecule has 2 atom stereocenters. The predicted octanol–water partition coefficient (Wildman–Crippen LogP) is 3.62. The number of fused-ring (bicyclic) bond motifs is 2. The number of hydrogen-bond donors (Lipinski definition) is 0. The molecule has 0 saturated carbocycles. The van der Waals surface area contributed by atoms with E-state index >= 15 is 0 Å². The lowest BCUT2D eigenvalue weighted by molar-refractivity contribution is -0.122. The minimum absolute atomic E-state index is 0.180. The smallest absolute Gasteiger partial charge is 0.165 e. The van der Waals surface area contributed by atoms with Crippen molar-refractivity contribution in [3.63, 3.8) is 0 Å². The number of rotatable bonds is 4. The number of benzene rings is 1. The van der Waals surface area contributed by atoms with Gasteiger partial charge in [-0.15, -0.1) is 0 Å². The minimum atomic E-state index is -0.392. The molecule has 0 radical (unpaired) electrons. The standard InChI is InChI=1S/C16H19FO2S/c1-19-16-5-2-10(6-14(16)17)7-15(18)11-8-12-3-4-13(9-11)20-12/h2,5-6,11-13H,3-4,7-9H2,1H3. The van der Waals surface area contributed by atoms with Crippen LogP contribution in [0, 0.1) is 11.7 Å². The van der Waals surface area contributed by atoms with Gasteiger partial charge in [0.2, 0.25) is 0 Å². The highest BCUT2D eigenvalue weighted by Gasteiger charge is 2.37. The fraction of sp³-hybridized carbons (Fsp3) is 0.562. The van der Waals surface area contributed by atoms with Gasteiger partial charge >= 0.3 is 0 Å². The number of Topliss-reactive ketones (excluding diaryl/α,β-unsaturated/α-hetero) is 1. The summed E-state index contributed by atoms with van der Waals surface area (Å²) in [5.74, 6) is 0.288. The van der Waals surface area contributed by atoms with Crippen molar-refractivity contribution in [2.45, 2.75) is 42.6 Å². The first kappa shape index (κ1) is 13.9. The maximum Gasteiger partial charge on any atom is 0.165 e. The number of carbonyl (C=O) groups is 1. The molecule has 4 heteroatoms. The number of thioether (sulfide) groups is 1. The first-order chi connectivity index (χ1) is 9.65. The number of hydrogen-bond acceptors (Lipinski definition) is 3. The molecule has 0 amide bonds. The molecule has 0 spiro atoms. The molecule has 20 heavy (non-hydrogen) atoms. The maximum absolute atomic E-state index is 13.6. The van der Waals surface area contributed by atoms with Crippen LogP contribution in [-0.2, 0) is 11.2 Å². The fourth-order valence-electron chi connectivity index (χ4n) is 3.29. The van der Waals surface area contributed by atoms with Crippen LogP contribution in [-0.4, -0.2) is 23.4 Å². The van der Waals surface area contributed by atoms with Crippen LogP contribution in [0.1, 0.15) is 31.2 Å². The van der Waals surface area contributed by atoms with E-state index in [4.69, 9.17) is 4.74 Å². The first-order valence-corrected chi connectivity index (χ1v) is 8.10. The Morgan fingerprint density at radius 3 is 2.65 bits per heavy atom. The van der Waals surface area contributed by atoms with E-state index in [1.165, 1.54) is 26.0 Å². The largest absolute Gasteiger partial charge is 0.494 e. The summed E-state index contributed by atoms with van der Waals surface area (Å²) in [5, 5.41) is 1.35. The van der Waals surface area contributed by atoms with Crippen molar-refractivity contribution in [2.75, 3.05) is 7.11 Å². The Labute approximate surface area is 123 Å². The zero-order valence-corrected chi connectivity index (χ0v) is 12.4. The van der Waals surface area contributed by atoms with E-state index in [0.29, 0.717) is 16.9 Å². The average molecular weight is 294 g/mol. The third-order valence-corrected chi connectivity index (χ3v) is 5.97. The van der Waals surface area contributed by atoms with Crippen molar-refractivity contribution >= 4 is 17.5 Å². The van der Waals surface area contributed by atoms with E-state index in [1.807, 2.05) is 0 Å². The van der Waals surface area contributed by atoms with E-state index in [1.54, 1.807) is 12.1 Å². The monoisotopic (exact) mass is 294 g/mol. The van der Waals surface area contributed by atoms with Crippen LogP contribution in [0.25, 0.3) is 0 Å². The Morgan fingerprint density at radius 1 is 1.35 bits per heavy atom. The van der Waals surface area contributed by atoms with Gasteiger partial charge in [-0.25, -0.2) is 4.39 Å². The summed E-state index contributed by atoms with van der Waals surface area (Å²) in [5.41, 5.74) is 0.749. The zero-order valence-electron chi connectivity index (χ0n) is 11.6. The van der Waals surface area contributed by atoms with Gasteiger partial charge in [-0.05, 0) is 43.4 Å². The molecule has 2 saturated heterocycles. The fourth-order valence-corrected chi connectivity index (χ4v) is 5.06. The SMILES string of the molecule is COc1ccc(CC(=O)C2CC3CCC(C2)S3)cc1F. The molecule has 108 valence electrons. The van der Waals surface area contributed by atoms with Crippen molar-refractivity contribution in [3.8, 4) is 5.75 Å². The summed E-state index contributed by atoms with van der Waals surface area (Å²) in [6.45, 7) is 0. The van der Waals surface area contributed by atoms with Gasteiger partial charge in [0.05, 0.1) is 7.11 Å². The molecular weight excluding hydrogens is 275 g/mol. The lowest BCUT2D eigenvalue weighted by Gasteiger charge is -2.26. The van der Waals surface area contributed by atoms with Gasteiger partial charge in [0.25, 0.3) is 0 Å². The van der Waals surface area contributed by atoms with Crippen LogP contribution in [0.15, 0.2) is 18.2 Å². The Bertz CT molecular complexity index is 505. The van der Waals surface area contributed by atoms with Crippen molar-refractivity contribution in [1.82, 2.24) is 0 Å². The molecule has 2 unspecified atom stereocenters. The lowest BCUT2D eigenvalue weighted by atomic mass is 9.91. The van der Waals surface area contributed by atoms with Crippen LogP contribution in [0.2, 0.25) is 0 Å². The summed E-state index contributed by atoms with van der Waals surface area (Å²) in [6.07, 6.45) is 4.89. The van der Waals surface area contributed by atoms with Gasteiger partial charge in [0, 0.05) is 22.8 Å². The van der Waals surface area contributed by atoms with E-state index in [-0.39, 0.29) is 17.5 Å². The van der Waals surface area contributed by atoms with Crippen LogP contribution in [0.4, 0.5) is 4.39 Å². The second-order valence-corrected chi connectivity index (χ2v) is 7.34. The summed E-state index contributed by atoms with van der Waals surface area (Å²) >= 11 is 2.06. The first-order valence-electron chi connectivity index (χ1n) is 7.16. The Balaban J connectivity index is 1.65. The summed E-state index contributed by atoms with van der Waals surface area (Å²) in [4.78, 5) is 12.4. The molecule has 0 aromatic heterocycles. The van der Waals surface area contributed by atoms with Crippen molar-refractivity contribution in [1.29, 1.82) is 0 Å². The molecule has 2 aliphatic rings. The minimum Gasteiger partial charge on any atom is -0.494 e. The van der Waals surface area contributed by atoms with Gasteiger partial charge in [-0.3, -0.25) is 4.79 Å². The number of methoxy groups -OCH3 is 1. The van der Waals surface area contributed by atoms with Crippen molar-refractivity contribution < 1.29 is 13.9 Å². The summed E-state index contributed by atoms with van der Waals surface area (Å²) in [6, 6.07) is 4.80. The highest BCUT2D eigenvalue weighted by atomic mass is 32.2. The normalized spacial score (nSPS) is 28.4. The molecule has 2 heterocycles. The quantitative estimate of drug-likeness (QED) is 0.848. The van der Waals surface area contributed by atoms with E-state index in [0.717, 1.165) is 18.4 Å². The van der Waals surface area contributed by atoms with E-state index in [2.05, 4.69) is 11.8 Å². The molecule has 0 N–H and O–H groups in total. The highest BCUT2D eigenvalue weighted by Crippen LogP contribution is 2.46. The van der Waals surface area contributed by atoms with Crippen LogP contribution in [0.5, 0.6) is 5.75 Å². The predicted molar refractivity (Wildman–Crippen MR) is 78.8 cm³/mol. The molecule has 1 aromatic carbocycles. The van der Waals surface area contributed by atoms with Gasteiger partial charge in [0.1, 0.15) is 5.78 Å². The van der Waals surface area contributed by atoms with E-state index in [9.17, 15) is 9.18 Å². The molecule has 3 rings (SSSR count). The number of ketones is 1. The Morgan fingerprint density at radius 2 is 2.05 bits per heavy atom. The number of ether oxygens (including phenoxy) is 1. The average Bonchev–Trinajstić information content (AvgIpc) is 2.77. The molecule has 2 nitrogen and oxygen atoms in total. The second-order valence-electron chi connectivity index (χ2n) is 5.74. The van der Waals surface area contributed by atoms with Crippen LogP contribution < -0.4 is 4.74 Å². The maximum atomic E-state index is 13.6. The molecule has 2 bridgehead atoms. The second kappa shape index (κ2) is 5.76. The number of carbonyl (C=O) groups excluding carboxylic acids is 1. The molecule has 0 aliphatic carbocycles. The van der Waals surface area contributed by atoms with Gasteiger partial charge in [0.15, 0.2) is 11.6 Å². The topological polar surface area (TPSA) is 26.3 Å². The zero-order chi connectivity index (χ0) is 14.1. The summed E-state index contributed by atoms with van der Waals surface area (Å²) in [7, 11) is 1.44.